The van der Waals surface area contributed by atoms with Gasteiger partial charge in [-0.2, -0.15) is 5.10 Å². The Bertz CT molecular complexity index is 734. The molecule has 3 aromatic rings. The van der Waals surface area contributed by atoms with Gasteiger partial charge in [0.25, 0.3) is 0 Å². The van der Waals surface area contributed by atoms with Crippen molar-refractivity contribution in [3.05, 3.63) is 55.2 Å². The highest BCUT2D eigenvalue weighted by Crippen LogP contribution is 2.27. The van der Waals surface area contributed by atoms with Crippen molar-refractivity contribution in [1.29, 1.82) is 0 Å². The third kappa shape index (κ3) is 3.31. The second-order valence-electron chi connectivity index (χ2n) is 5.62. The minimum atomic E-state index is 0.562. The molecule has 0 radical (unpaired) electrons. The monoisotopic (exact) mass is 293 g/mol. The Hall–Kier alpha value is -2.69. The average Bonchev–Trinajstić information content (AvgIpc) is 2.95. The van der Waals surface area contributed by atoms with Crippen molar-refractivity contribution in [2.24, 2.45) is 5.92 Å². The fourth-order valence-corrected chi connectivity index (χ4v) is 2.30. The average molecular weight is 293 g/mol. The molecule has 0 saturated carbocycles. The molecule has 0 spiro atoms. The van der Waals surface area contributed by atoms with Crippen molar-refractivity contribution in [2.75, 3.05) is 5.32 Å². The van der Waals surface area contributed by atoms with E-state index in [4.69, 9.17) is 0 Å². The third-order valence-electron chi connectivity index (χ3n) is 3.25. The lowest BCUT2D eigenvalue weighted by atomic mass is 10.1. The molecule has 2 aromatic heterocycles. The molecule has 0 aliphatic rings. The fourth-order valence-electron chi connectivity index (χ4n) is 2.30. The molecule has 0 saturated heterocycles. The molecule has 112 valence electrons. The Morgan fingerprint density at radius 1 is 1.14 bits per heavy atom. The summed E-state index contributed by atoms with van der Waals surface area (Å²) in [6, 6.07) is 10.1. The maximum Gasteiger partial charge on any atom is 0.141 e. The molecule has 22 heavy (non-hydrogen) atoms. The van der Waals surface area contributed by atoms with E-state index in [1.54, 1.807) is 6.33 Å². The molecular weight excluding hydrogens is 274 g/mol. The first-order chi connectivity index (χ1) is 10.7. The molecule has 0 bridgehead atoms. The highest BCUT2D eigenvalue weighted by atomic mass is 15.3. The minimum absolute atomic E-state index is 0.562. The van der Waals surface area contributed by atoms with Crippen LogP contribution in [0.4, 0.5) is 11.5 Å². The topological polar surface area (TPSA) is 55.6 Å². The third-order valence-corrected chi connectivity index (χ3v) is 3.25. The van der Waals surface area contributed by atoms with E-state index in [1.165, 1.54) is 0 Å². The fraction of sp³-hybridized carbons (Fsp3) is 0.235. The molecule has 0 atom stereocenters. The summed E-state index contributed by atoms with van der Waals surface area (Å²) < 4.78 is 1.94. The van der Waals surface area contributed by atoms with Crippen molar-refractivity contribution >= 4 is 11.5 Å². The van der Waals surface area contributed by atoms with Crippen LogP contribution in [-0.4, -0.2) is 19.7 Å². The standard InChI is InChI=1S/C17H19N5/c1-13(2)10-22-11-15(8-20-22)21-17-16(9-18-12-19-17)14-6-4-3-5-7-14/h3-9,11-13H,10H2,1-2H3,(H,18,19,21). The molecule has 0 aliphatic carbocycles. The Morgan fingerprint density at radius 2 is 1.95 bits per heavy atom. The lowest BCUT2D eigenvalue weighted by Gasteiger charge is -2.09. The molecule has 3 rings (SSSR count). The van der Waals surface area contributed by atoms with Gasteiger partial charge < -0.3 is 5.32 Å². The van der Waals surface area contributed by atoms with Crippen LogP contribution in [0.25, 0.3) is 11.1 Å². The first-order valence-corrected chi connectivity index (χ1v) is 7.37. The van der Waals surface area contributed by atoms with Gasteiger partial charge in [0.2, 0.25) is 0 Å². The van der Waals surface area contributed by atoms with Crippen LogP contribution in [0.3, 0.4) is 0 Å². The molecule has 0 amide bonds. The molecular formula is C17H19N5. The molecule has 0 aliphatic heterocycles. The maximum absolute atomic E-state index is 4.37. The van der Waals surface area contributed by atoms with Crippen LogP contribution in [0.1, 0.15) is 13.8 Å². The second kappa shape index (κ2) is 6.39. The highest BCUT2D eigenvalue weighted by Gasteiger charge is 2.08. The van der Waals surface area contributed by atoms with E-state index in [9.17, 15) is 0 Å². The van der Waals surface area contributed by atoms with E-state index < -0.39 is 0 Å². The van der Waals surface area contributed by atoms with Gasteiger partial charge in [-0.3, -0.25) is 4.68 Å². The Balaban J connectivity index is 1.85. The Kier molecular flexibility index (Phi) is 4.14. The number of anilines is 2. The summed E-state index contributed by atoms with van der Waals surface area (Å²) in [5.41, 5.74) is 2.98. The summed E-state index contributed by atoms with van der Waals surface area (Å²) in [6.07, 6.45) is 7.19. The van der Waals surface area contributed by atoms with Crippen molar-refractivity contribution in [1.82, 2.24) is 19.7 Å². The van der Waals surface area contributed by atoms with Gasteiger partial charge in [-0.15, -0.1) is 0 Å². The molecule has 0 unspecified atom stereocenters. The number of benzene rings is 1. The summed E-state index contributed by atoms with van der Waals surface area (Å²) in [5.74, 6) is 1.34. The van der Waals surface area contributed by atoms with E-state index >= 15 is 0 Å². The Labute approximate surface area is 130 Å². The molecule has 5 heteroatoms. The van der Waals surface area contributed by atoms with E-state index in [0.717, 1.165) is 29.2 Å². The minimum Gasteiger partial charge on any atom is -0.337 e. The Morgan fingerprint density at radius 3 is 2.73 bits per heavy atom. The second-order valence-corrected chi connectivity index (χ2v) is 5.62. The number of hydrogen-bond donors (Lipinski definition) is 1. The molecule has 5 nitrogen and oxygen atoms in total. The lowest BCUT2D eigenvalue weighted by Crippen LogP contribution is -2.04. The number of hydrogen-bond acceptors (Lipinski definition) is 4. The predicted octanol–water partition coefficient (Wildman–Crippen LogP) is 3.74. The van der Waals surface area contributed by atoms with Crippen molar-refractivity contribution in [2.45, 2.75) is 20.4 Å². The molecule has 2 heterocycles. The normalized spacial score (nSPS) is 10.9. The zero-order valence-electron chi connectivity index (χ0n) is 12.8. The van der Waals surface area contributed by atoms with Gasteiger partial charge in [-0.05, 0) is 11.5 Å². The van der Waals surface area contributed by atoms with E-state index in [1.807, 2.05) is 53.6 Å². The van der Waals surface area contributed by atoms with Crippen LogP contribution in [-0.2, 0) is 6.54 Å². The van der Waals surface area contributed by atoms with E-state index in [-0.39, 0.29) is 0 Å². The summed E-state index contributed by atoms with van der Waals surface area (Å²) in [7, 11) is 0. The molecule has 1 aromatic carbocycles. The summed E-state index contributed by atoms with van der Waals surface area (Å²) in [4.78, 5) is 8.50. The lowest BCUT2D eigenvalue weighted by molar-refractivity contribution is 0.483. The van der Waals surface area contributed by atoms with Crippen LogP contribution in [0, 0.1) is 5.92 Å². The van der Waals surface area contributed by atoms with Gasteiger partial charge in [0.1, 0.15) is 12.1 Å². The van der Waals surface area contributed by atoms with Crippen LogP contribution in [0.5, 0.6) is 0 Å². The zero-order chi connectivity index (χ0) is 15.4. The van der Waals surface area contributed by atoms with E-state index in [0.29, 0.717) is 5.92 Å². The maximum atomic E-state index is 4.37. The van der Waals surface area contributed by atoms with Crippen LogP contribution < -0.4 is 5.32 Å². The van der Waals surface area contributed by atoms with Crippen LogP contribution in [0.15, 0.2) is 55.2 Å². The van der Waals surface area contributed by atoms with Gasteiger partial charge >= 0.3 is 0 Å². The van der Waals surface area contributed by atoms with Crippen LogP contribution in [0.2, 0.25) is 0 Å². The largest absolute Gasteiger partial charge is 0.337 e. The molecule has 0 fully saturated rings. The number of aromatic nitrogens is 4. The summed E-state index contributed by atoms with van der Waals surface area (Å²) >= 11 is 0. The van der Waals surface area contributed by atoms with Gasteiger partial charge in [0, 0.05) is 24.5 Å². The SMILES string of the molecule is CC(C)Cn1cc(Nc2ncncc2-c2ccccc2)cn1. The van der Waals surface area contributed by atoms with Gasteiger partial charge in [-0.25, -0.2) is 9.97 Å². The predicted molar refractivity (Wildman–Crippen MR) is 87.8 cm³/mol. The number of nitrogens with one attached hydrogen (secondary N) is 1. The van der Waals surface area contributed by atoms with Gasteiger partial charge in [-0.1, -0.05) is 44.2 Å². The van der Waals surface area contributed by atoms with Crippen LogP contribution >= 0.6 is 0 Å². The summed E-state index contributed by atoms with van der Waals surface area (Å²) in [6.45, 7) is 5.25. The van der Waals surface area contributed by atoms with E-state index in [2.05, 4.69) is 34.2 Å². The first kappa shape index (κ1) is 14.3. The van der Waals surface area contributed by atoms with Gasteiger partial charge in [0.05, 0.1) is 11.9 Å². The zero-order valence-corrected chi connectivity index (χ0v) is 12.8. The van der Waals surface area contributed by atoms with Crippen molar-refractivity contribution < 1.29 is 0 Å². The number of rotatable bonds is 5. The quantitative estimate of drug-likeness (QED) is 0.778. The smallest absolute Gasteiger partial charge is 0.141 e. The summed E-state index contributed by atoms with van der Waals surface area (Å²) in [5, 5.41) is 7.70. The van der Waals surface area contributed by atoms with Gasteiger partial charge in [0.15, 0.2) is 0 Å². The van der Waals surface area contributed by atoms with Crippen molar-refractivity contribution in [3.63, 3.8) is 0 Å². The number of nitrogens with zero attached hydrogens (tertiary/aromatic N) is 4. The molecule has 1 N–H and O–H groups in total. The van der Waals surface area contributed by atoms with Crippen molar-refractivity contribution in [3.8, 4) is 11.1 Å². The highest BCUT2D eigenvalue weighted by molar-refractivity contribution is 5.77. The first-order valence-electron chi connectivity index (χ1n) is 7.37.